The van der Waals surface area contributed by atoms with Crippen LogP contribution in [0.15, 0.2) is 30.0 Å². The van der Waals surface area contributed by atoms with E-state index in [2.05, 4.69) is 96.2 Å². The summed E-state index contributed by atoms with van der Waals surface area (Å²) < 4.78 is 49.4. The van der Waals surface area contributed by atoms with E-state index in [0.29, 0.717) is 5.56 Å². The summed E-state index contributed by atoms with van der Waals surface area (Å²) in [4.78, 5) is 45.0. The van der Waals surface area contributed by atoms with Crippen LogP contribution >= 0.6 is 0 Å². The van der Waals surface area contributed by atoms with Gasteiger partial charge in [-0.3, -0.25) is 18.5 Å². The number of carbonyl (C=O) groups is 2. The van der Waals surface area contributed by atoms with Crippen LogP contribution in [0.1, 0.15) is 95.6 Å². The summed E-state index contributed by atoms with van der Waals surface area (Å²) in [5.74, 6) is -0.780. The zero-order valence-electron chi connectivity index (χ0n) is 40.3. The van der Waals surface area contributed by atoms with Crippen LogP contribution in [-0.2, 0) is 56.9 Å². The third-order valence-electron chi connectivity index (χ3n) is 12.6. The van der Waals surface area contributed by atoms with Crippen LogP contribution in [0.3, 0.4) is 0 Å². The van der Waals surface area contributed by atoms with E-state index in [1.807, 2.05) is 63.5 Å². The first-order chi connectivity index (χ1) is 26.5. The van der Waals surface area contributed by atoms with Gasteiger partial charge in [0.1, 0.15) is 18.5 Å². The molecule has 1 aliphatic rings. The minimum absolute atomic E-state index is 0.00982. The van der Waals surface area contributed by atoms with E-state index >= 15 is 0 Å². The van der Waals surface area contributed by atoms with Gasteiger partial charge in [-0.05, 0) is 96.3 Å². The van der Waals surface area contributed by atoms with Crippen molar-refractivity contribution in [2.24, 2.45) is 0 Å². The van der Waals surface area contributed by atoms with Crippen molar-refractivity contribution >= 4 is 51.3 Å². The van der Waals surface area contributed by atoms with E-state index in [4.69, 9.17) is 51.8 Å². The molecule has 2 rings (SSSR count). The highest BCUT2D eigenvalue weighted by Crippen LogP contribution is 2.43. The van der Waals surface area contributed by atoms with Crippen LogP contribution in [0, 0.1) is 0 Å². The maximum absolute atomic E-state index is 13.5. The van der Waals surface area contributed by atoms with Crippen molar-refractivity contribution in [2.75, 3.05) is 13.7 Å². The predicted octanol–water partition coefficient (Wildman–Crippen LogP) is 10.9. The fourth-order valence-corrected chi connectivity index (χ4v) is 6.97. The Hall–Kier alpha value is -1.91. The molecule has 1 aromatic carbocycles. The van der Waals surface area contributed by atoms with Crippen molar-refractivity contribution in [2.45, 2.75) is 193 Å². The van der Waals surface area contributed by atoms with E-state index < -0.39 is 75.9 Å². The molecule has 0 spiro atoms. The lowest BCUT2D eigenvalue weighted by molar-refractivity contribution is -0.439. The van der Waals surface area contributed by atoms with Gasteiger partial charge in [0, 0.05) is 6.92 Å². The summed E-state index contributed by atoms with van der Waals surface area (Å²) in [6.45, 7) is 42.9. The van der Waals surface area contributed by atoms with Crippen LogP contribution in [0.25, 0.3) is 6.08 Å². The number of esters is 2. The van der Waals surface area contributed by atoms with Crippen LogP contribution in [-0.4, -0.2) is 89.6 Å². The standard InChI is InChI=1S/C42H78O13Si4/c1-29(43)46-28-33-34(49-53-57(17,18)40(5,6)7)35(50-54-58(19,20)41(8,9)10)36(51-55-59(21,22)42(11,12)13)38(48-33)47-32(37(44)45-14)27-30-23-25-31(26-24-30)52-56(15,16)39(2,3)4/h23-27,33-36,38H,28H2,1-22H3/b32-27-/t33-,34+,35+,36-,38-/m1/s1. The zero-order valence-corrected chi connectivity index (χ0v) is 44.3. The van der Waals surface area contributed by atoms with E-state index in [1.165, 1.54) is 14.0 Å². The molecule has 1 saturated heterocycles. The minimum Gasteiger partial charge on any atom is -0.544 e. The molecule has 1 aromatic rings. The number of methoxy groups -OCH3 is 1. The molecule has 0 aromatic heterocycles. The highest BCUT2D eigenvalue weighted by Gasteiger charge is 2.56. The first kappa shape index (κ1) is 53.2. The van der Waals surface area contributed by atoms with Crippen molar-refractivity contribution in [3.05, 3.63) is 35.6 Å². The summed E-state index contributed by atoms with van der Waals surface area (Å²) in [7, 11) is -8.61. The smallest absolute Gasteiger partial charge is 0.373 e. The van der Waals surface area contributed by atoms with Gasteiger partial charge in [-0.2, -0.15) is 0 Å². The molecule has 13 nitrogen and oxygen atoms in total. The molecule has 0 radical (unpaired) electrons. The molecule has 340 valence electrons. The van der Waals surface area contributed by atoms with Crippen LogP contribution < -0.4 is 4.43 Å². The molecule has 59 heavy (non-hydrogen) atoms. The fourth-order valence-electron chi connectivity index (χ4n) is 4.14. The summed E-state index contributed by atoms with van der Waals surface area (Å²) in [6.07, 6.45) is -4.43. The Bertz CT molecular complexity index is 1570. The third-order valence-corrected chi connectivity index (χ3v) is 29.3. The largest absolute Gasteiger partial charge is 0.544 e. The monoisotopic (exact) mass is 902 g/mol. The second kappa shape index (κ2) is 19.6. The van der Waals surface area contributed by atoms with Gasteiger partial charge in [0.25, 0.3) is 0 Å². The Balaban J connectivity index is 2.82. The Morgan fingerprint density at radius 1 is 0.627 bits per heavy atom. The Morgan fingerprint density at radius 2 is 1.03 bits per heavy atom. The molecule has 0 aliphatic carbocycles. The lowest BCUT2D eigenvalue weighted by Gasteiger charge is -2.47. The number of ether oxygens (including phenoxy) is 4. The summed E-state index contributed by atoms with van der Waals surface area (Å²) in [6, 6.07) is 7.38. The Labute approximate surface area is 359 Å². The first-order valence-corrected chi connectivity index (χ1v) is 32.2. The zero-order chi connectivity index (χ0) is 45.8. The SMILES string of the molecule is COC(=O)/C(=C/c1ccc(O[Si](C)(C)C(C)(C)C)cc1)O[C@@H]1O[C@H](COC(C)=O)[C@H](OO[Si](C)(C)C(C)(C)C)[C@H](OO[Si](C)(C)C(C)(C)C)[C@H]1OO[Si](C)(C)C(C)(C)C. The maximum atomic E-state index is 13.5. The molecule has 0 saturated carbocycles. The number of rotatable bonds is 17. The van der Waals surface area contributed by atoms with Gasteiger partial charge in [-0.1, -0.05) is 95.2 Å². The molecule has 1 heterocycles. The summed E-state index contributed by atoms with van der Waals surface area (Å²) >= 11 is 0. The minimum atomic E-state index is -2.62. The topological polar surface area (TPSA) is 136 Å². The predicted molar refractivity (Wildman–Crippen MR) is 240 cm³/mol. The normalized spacial score (nSPS) is 21.9. The van der Waals surface area contributed by atoms with Crippen molar-refractivity contribution in [3.63, 3.8) is 0 Å². The average molecular weight is 903 g/mol. The van der Waals surface area contributed by atoms with Crippen molar-refractivity contribution < 1.29 is 61.4 Å². The fraction of sp³-hybridized carbons (Fsp3) is 0.762. The molecule has 17 heteroatoms. The van der Waals surface area contributed by atoms with Crippen LogP contribution in [0.2, 0.25) is 72.5 Å². The number of carbonyl (C=O) groups excluding carboxylic acids is 2. The first-order valence-electron chi connectivity index (χ1n) is 20.5. The second-order valence-corrected chi connectivity index (χ2v) is 40.4. The molecular formula is C42H78O13Si4. The lowest BCUT2D eigenvalue weighted by Crippen LogP contribution is -2.64. The van der Waals surface area contributed by atoms with Gasteiger partial charge in [-0.15, -0.1) is 0 Å². The Kier molecular flexibility index (Phi) is 17.7. The second-order valence-electron chi connectivity index (χ2n) is 21.6. The lowest BCUT2D eigenvalue weighted by atomic mass is 9.99. The highest BCUT2D eigenvalue weighted by atomic mass is 28.4. The van der Waals surface area contributed by atoms with Gasteiger partial charge in [0.15, 0.2) is 18.3 Å². The van der Waals surface area contributed by atoms with E-state index in [1.54, 1.807) is 6.08 Å². The molecule has 0 amide bonds. The van der Waals surface area contributed by atoms with Crippen molar-refractivity contribution in [3.8, 4) is 5.75 Å². The molecule has 1 fully saturated rings. The molecule has 0 bridgehead atoms. The van der Waals surface area contributed by atoms with Crippen molar-refractivity contribution in [1.82, 2.24) is 0 Å². The van der Waals surface area contributed by atoms with E-state index in [-0.39, 0.29) is 32.5 Å². The molecule has 5 atom stereocenters. The molecule has 0 unspecified atom stereocenters. The van der Waals surface area contributed by atoms with E-state index in [9.17, 15) is 9.59 Å². The highest BCUT2D eigenvalue weighted by molar-refractivity contribution is 6.75. The van der Waals surface area contributed by atoms with Crippen LogP contribution in [0.4, 0.5) is 0 Å². The van der Waals surface area contributed by atoms with Crippen molar-refractivity contribution in [1.29, 1.82) is 0 Å². The summed E-state index contributed by atoms with van der Waals surface area (Å²) in [5.41, 5.74) is 0.633. The quantitative estimate of drug-likeness (QED) is 0.0367. The average Bonchev–Trinajstić information content (AvgIpc) is 3.06. The van der Waals surface area contributed by atoms with E-state index in [0.717, 1.165) is 5.75 Å². The maximum Gasteiger partial charge on any atom is 0.373 e. The van der Waals surface area contributed by atoms with Gasteiger partial charge >= 0.3 is 11.9 Å². The summed E-state index contributed by atoms with van der Waals surface area (Å²) in [5, 5.41) is -0.733. The number of hydrogen-bond acceptors (Lipinski definition) is 13. The van der Waals surface area contributed by atoms with Crippen LogP contribution in [0.5, 0.6) is 5.75 Å². The molecule has 1 aliphatic heterocycles. The number of hydrogen-bond donors (Lipinski definition) is 0. The van der Waals surface area contributed by atoms with Gasteiger partial charge in [-0.25, -0.2) is 19.5 Å². The van der Waals surface area contributed by atoms with Gasteiger partial charge in [0.2, 0.25) is 45.3 Å². The van der Waals surface area contributed by atoms with Gasteiger partial charge < -0.3 is 23.4 Å². The third kappa shape index (κ3) is 14.6. The number of benzene rings is 1. The Morgan fingerprint density at radius 3 is 1.42 bits per heavy atom. The molecule has 0 N–H and O–H groups in total. The van der Waals surface area contributed by atoms with Gasteiger partial charge in [0.05, 0.1) is 7.11 Å². The molecular weight excluding hydrogens is 825 g/mol.